The summed E-state index contributed by atoms with van der Waals surface area (Å²) in [5.41, 5.74) is 6.94. The Morgan fingerprint density at radius 1 is 0.411 bits per heavy atom. The predicted molar refractivity (Wildman–Crippen MR) is 250 cm³/mol. The number of hydrogen-bond acceptors (Lipinski definition) is 1. The quantitative estimate of drug-likeness (QED) is 0.0647. The van der Waals surface area contributed by atoms with Gasteiger partial charge in [0.25, 0.3) is 0 Å². The van der Waals surface area contributed by atoms with Crippen molar-refractivity contribution in [1.29, 1.82) is 0 Å². The zero-order valence-corrected chi connectivity index (χ0v) is 39.3. The molecule has 0 aromatic rings. The lowest BCUT2D eigenvalue weighted by Gasteiger charge is -2.61. The topological polar surface area (TPSA) is 26.0 Å². The summed E-state index contributed by atoms with van der Waals surface area (Å²) in [6.07, 6.45) is 61.1. The van der Waals surface area contributed by atoms with Crippen LogP contribution in [0.3, 0.4) is 0 Å². The number of hydrogen-bond donors (Lipinski definition) is 1. The molecule has 0 heterocycles. The molecule has 4 saturated carbocycles. The minimum absolute atomic E-state index is 0.660. The Morgan fingerprint density at radius 2 is 0.857 bits per heavy atom. The summed E-state index contributed by atoms with van der Waals surface area (Å²) < 4.78 is 0. The molecule has 1 nitrogen and oxygen atoms in total. The molecule has 2 N–H and O–H groups in total. The summed E-state index contributed by atoms with van der Waals surface area (Å²) in [6, 6.07) is 0. The van der Waals surface area contributed by atoms with E-state index in [4.69, 9.17) is 5.73 Å². The fraction of sp³-hybridized carbons (Fsp3) is 1.00. The molecule has 0 spiro atoms. The maximum Gasteiger partial charge on any atom is -0.00773 e. The first-order valence-corrected chi connectivity index (χ1v) is 27.1. The Balaban J connectivity index is 0.863. The smallest absolute Gasteiger partial charge is 0.00773 e. The molecule has 4 fully saturated rings. The van der Waals surface area contributed by atoms with Crippen LogP contribution in [0, 0.1) is 52.3 Å². The van der Waals surface area contributed by atoms with Crippen molar-refractivity contribution in [3.63, 3.8) is 0 Å². The fourth-order valence-electron chi connectivity index (χ4n) is 14.5. The van der Waals surface area contributed by atoms with E-state index >= 15 is 0 Å². The predicted octanol–water partition coefficient (Wildman–Crippen LogP) is 18.4. The van der Waals surface area contributed by atoms with E-state index in [-0.39, 0.29) is 0 Å². The van der Waals surface area contributed by atoms with Crippen molar-refractivity contribution < 1.29 is 0 Å². The minimum atomic E-state index is 0.660. The van der Waals surface area contributed by atoms with Crippen molar-refractivity contribution in [3.05, 3.63) is 0 Å². The molecule has 0 radical (unpaired) electrons. The third-order valence-electron chi connectivity index (χ3n) is 18.1. The largest absolute Gasteiger partial charge is 0.330 e. The maximum absolute atomic E-state index is 5.58. The van der Waals surface area contributed by atoms with Gasteiger partial charge in [-0.25, -0.2) is 0 Å². The van der Waals surface area contributed by atoms with E-state index in [9.17, 15) is 0 Å². The molecule has 56 heavy (non-hydrogen) atoms. The fourth-order valence-corrected chi connectivity index (χ4v) is 14.5. The van der Waals surface area contributed by atoms with Crippen molar-refractivity contribution >= 4 is 0 Å². The Morgan fingerprint density at radius 3 is 1.36 bits per heavy atom. The Bertz CT molecular complexity index is 942. The van der Waals surface area contributed by atoms with Crippen molar-refractivity contribution in [1.82, 2.24) is 0 Å². The van der Waals surface area contributed by atoms with Crippen molar-refractivity contribution in [3.8, 4) is 0 Å². The van der Waals surface area contributed by atoms with Gasteiger partial charge in [0.15, 0.2) is 0 Å². The number of nitrogens with two attached hydrogens (primary N) is 1. The lowest BCUT2D eigenvalue weighted by Crippen LogP contribution is -2.53. The molecule has 330 valence electrons. The Labute approximate surface area is 354 Å². The van der Waals surface area contributed by atoms with Crippen LogP contribution < -0.4 is 5.73 Å². The SMILES string of the molecule is CC(CCCCCCCCCCCCCCCCCCCCCCCCCCCCCN)CCC[C@@H](C)[C@H]1CC[C@H]2[C@@H]3CCC4CCCC[C@]4(C)[C@H]3CC[C@]12C. The summed E-state index contributed by atoms with van der Waals surface area (Å²) in [7, 11) is 0. The standard InChI is InChI=1S/C55H105N/c1-47(36-34-37-48(2)51-41-42-52-50-40-39-49-38-31-32-44-54(49,3)53(50)43-45-55(51,52)4)35-30-28-26-24-22-20-18-16-14-12-10-8-6-5-7-9-11-13-15-17-19-21-23-25-27-29-33-46-56/h47-53H,5-46,56H2,1-4H3/t47?,48-,49?,50+,51-,52+,53+,54+,55-/m1/s1. The summed E-state index contributed by atoms with van der Waals surface area (Å²) in [5.74, 6) is 7.16. The second kappa shape index (κ2) is 28.5. The summed E-state index contributed by atoms with van der Waals surface area (Å²) in [5, 5.41) is 0. The van der Waals surface area contributed by atoms with Crippen LogP contribution in [0.15, 0.2) is 0 Å². The van der Waals surface area contributed by atoms with Gasteiger partial charge in [0.1, 0.15) is 0 Å². The Hall–Kier alpha value is -0.0400. The van der Waals surface area contributed by atoms with Crippen molar-refractivity contribution in [2.24, 2.45) is 58.0 Å². The van der Waals surface area contributed by atoms with Gasteiger partial charge in [-0.3, -0.25) is 0 Å². The second-order valence-corrected chi connectivity index (χ2v) is 22.3. The van der Waals surface area contributed by atoms with Gasteiger partial charge in [-0.1, -0.05) is 233 Å². The highest BCUT2D eigenvalue weighted by Crippen LogP contribution is 2.68. The van der Waals surface area contributed by atoms with Crippen LogP contribution in [-0.2, 0) is 0 Å². The van der Waals surface area contributed by atoms with Crippen LogP contribution in [0.5, 0.6) is 0 Å². The zero-order valence-electron chi connectivity index (χ0n) is 39.3. The highest BCUT2D eigenvalue weighted by atomic mass is 14.6. The molecule has 0 saturated heterocycles. The molecule has 0 aromatic heterocycles. The minimum Gasteiger partial charge on any atom is -0.330 e. The molecule has 9 atom stereocenters. The van der Waals surface area contributed by atoms with E-state index in [1.54, 1.807) is 51.4 Å². The number of rotatable bonds is 34. The monoisotopic (exact) mass is 780 g/mol. The molecule has 0 aliphatic heterocycles. The second-order valence-electron chi connectivity index (χ2n) is 22.3. The van der Waals surface area contributed by atoms with Crippen LogP contribution in [-0.4, -0.2) is 6.54 Å². The van der Waals surface area contributed by atoms with Gasteiger partial charge in [-0.2, -0.15) is 0 Å². The van der Waals surface area contributed by atoms with Gasteiger partial charge in [0.2, 0.25) is 0 Å². The van der Waals surface area contributed by atoms with Gasteiger partial charge in [0.05, 0.1) is 0 Å². The molecule has 0 amide bonds. The Kier molecular flexibility index (Phi) is 24.7. The first-order valence-electron chi connectivity index (χ1n) is 27.1. The van der Waals surface area contributed by atoms with Gasteiger partial charge < -0.3 is 5.73 Å². The normalized spacial score (nSPS) is 29.8. The van der Waals surface area contributed by atoms with E-state index in [1.165, 1.54) is 212 Å². The molecule has 2 unspecified atom stereocenters. The summed E-state index contributed by atoms with van der Waals surface area (Å²) >= 11 is 0. The van der Waals surface area contributed by atoms with Crippen LogP contribution in [0.1, 0.15) is 291 Å². The summed E-state index contributed by atoms with van der Waals surface area (Å²) in [4.78, 5) is 0. The maximum atomic E-state index is 5.58. The molecule has 4 aliphatic rings. The summed E-state index contributed by atoms with van der Waals surface area (Å²) in [6.45, 7) is 11.7. The first kappa shape index (κ1) is 48.6. The van der Waals surface area contributed by atoms with E-state index in [0.717, 1.165) is 48.0 Å². The lowest BCUT2D eigenvalue weighted by molar-refractivity contribution is -0.114. The van der Waals surface area contributed by atoms with Gasteiger partial charge >= 0.3 is 0 Å². The molecule has 1 heteroatoms. The van der Waals surface area contributed by atoms with Gasteiger partial charge in [0, 0.05) is 0 Å². The van der Waals surface area contributed by atoms with E-state index in [1.807, 2.05) is 0 Å². The van der Waals surface area contributed by atoms with Crippen LogP contribution >= 0.6 is 0 Å². The zero-order chi connectivity index (χ0) is 39.7. The third kappa shape index (κ3) is 16.4. The van der Waals surface area contributed by atoms with Crippen LogP contribution in [0.25, 0.3) is 0 Å². The highest BCUT2D eigenvalue weighted by Gasteiger charge is 2.60. The molecular weight excluding hydrogens is 675 g/mol. The molecule has 4 rings (SSSR count). The van der Waals surface area contributed by atoms with Crippen molar-refractivity contribution in [2.45, 2.75) is 291 Å². The lowest BCUT2D eigenvalue weighted by atomic mass is 9.44. The highest BCUT2D eigenvalue weighted by molar-refractivity contribution is 5.09. The average Bonchev–Trinajstić information content (AvgIpc) is 3.56. The van der Waals surface area contributed by atoms with Crippen molar-refractivity contribution in [2.75, 3.05) is 6.54 Å². The third-order valence-corrected chi connectivity index (χ3v) is 18.1. The molecule has 4 aliphatic carbocycles. The van der Waals surface area contributed by atoms with Crippen LogP contribution in [0.2, 0.25) is 0 Å². The van der Waals surface area contributed by atoms with Gasteiger partial charge in [-0.15, -0.1) is 0 Å². The van der Waals surface area contributed by atoms with E-state index in [0.29, 0.717) is 10.8 Å². The molecule has 0 aromatic carbocycles. The molecule has 0 bridgehead atoms. The molecular formula is C55H105N. The van der Waals surface area contributed by atoms with E-state index in [2.05, 4.69) is 27.7 Å². The first-order chi connectivity index (χ1) is 27.4. The average molecular weight is 780 g/mol. The number of fused-ring (bicyclic) bond motifs is 5. The number of unbranched alkanes of at least 4 members (excludes halogenated alkanes) is 26. The van der Waals surface area contributed by atoms with Gasteiger partial charge in [-0.05, 0) is 117 Å². The van der Waals surface area contributed by atoms with Crippen LogP contribution in [0.4, 0.5) is 0 Å². The van der Waals surface area contributed by atoms with E-state index < -0.39 is 0 Å².